The quantitative estimate of drug-likeness (QED) is 0.599. The van der Waals surface area contributed by atoms with Gasteiger partial charge in [0.1, 0.15) is 0 Å². The zero-order valence-corrected chi connectivity index (χ0v) is 10.8. The Morgan fingerprint density at radius 2 is 2.05 bits per heavy atom. The summed E-state index contributed by atoms with van der Waals surface area (Å²) in [5, 5.41) is 24.4. The van der Waals surface area contributed by atoms with Crippen LogP contribution in [0.3, 0.4) is 0 Å². The van der Waals surface area contributed by atoms with Crippen LogP contribution in [0.25, 0.3) is 0 Å². The Balaban J connectivity index is 3.40. The van der Waals surface area contributed by atoms with Gasteiger partial charge in [-0.3, -0.25) is 14.9 Å². The highest BCUT2D eigenvalue weighted by atomic mass is 32.2. The van der Waals surface area contributed by atoms with Gasteiger partial charge in [-0.2, -0.15) is 0 Å². The number of nitro benzene ring substituents is 1. The van der Waals surface area contributed by atoms with E-state index < -0.39 is 31.5 Å². The lowest BCUT2D eigenvalue weighted by Crippen LogP contribution is -2.15. The minimum absolute atomic E-state index is 0.0763. The molecule has 0 amide bonds. The zero-order valence-electron chi connectivity index (χ0n) is 9.99. The lowest BCUT2D eigenvalue weighted by atomic mass is 10.0. The molecular formula is C10H12N2O6S. The third-order valence-electron chi connectivity index (χ3n) is 2.60. The average molecular weight is 288 g/mol. The van der Waals surface area contributed by atoms with Crippen molar-refractivity contribution in [3.8, 4) is 0 Å². The molecule has 1 aromatic carbocycles. The highest BCUT2D eigenvalue weighted by molar-refractivity contribution is 7.89. The number of hydrogen-bond donors (Lipinski definition) is 2. The number of carbonyl (C=O) groups is 1. The van der Waals surface area contributed by atoms with Crippen molar-refractivity contribution in [1.29, 1.82) is 0 Å². The fourth-order valence-corrected chi connectivity index (χ4v) is 2.44. The normalized spacial score (nSPS) is 11.3. The van der Waals surface area contributed by atoms with Crippen molar-refractivity contribution in [2.75, 3.05) is 0 Å². The standard InChI is InChI=1S/C10H12N2O6S/c1-6-7(3-5-9(13)14)2-4-8(19(11,17)18)10(6)12(15)16/h2,4H,3,5H2,1H3,(H,13,14)(H2,11,17,18). The molecule has 1 aromatic rings. The van der Waals surface area contributed by atoms with Crippen LogP contribution in [0.15, 0.2) is 17.0 Å². The fourth-order valence-electron chi connectivity index (χ4n) is 1.69. The van der Waals surface area contributed by atoms with Gasteiger partial charge in [0.25, 0.3) is 5.69 Å². The number of aliphatic carboxylic acids is 1. The highest BCUT2D eigenvalue weighted by Crippen LogP contribution is 2.29. The zero-order chi connectivity index (χ0) is 14.8. The molecule has 0 spiro atoms. The smallest absolute Gasteiger partial charge is 0.303 e. The highest BCUT2D eigenvalue weighted by Gasteiger charge is 2.26. The van der Waals surface area contributed by atoms with E-state index >= 15 is 0 Å². The first-order valence-corrected chi connectivity index (χ1v) is 6.70. The van der Waals surface area contributed by atoms with Gasteiger partial charge in [0.05, 0.1) is 4.92 Å². The molecule has 0 unspecified atom stereocenters. The van der Waals surface area contributed by atoms with Crippen LogP contribution in [0.2, 0.25) is 0 Å². The first kappa shape index (κ1) is 15.1. The van der Waals surface area contributed by atoms with Crippen molar-refractivity contribution in [1.82, 2.24) is 0 Å². The number of nitro groups is 1. The van der Waals surface area contributed by atoms with Gasteiger partial charge in [0.2, 0.25) is 10.0 Å². The summed E-state index contributed by atoms with van der Waals surface area (Å²) in [6, 6.07) is 2.36. The Morgan fingerprint density at radius 3 is 2.47 bits per heavy atom. The third-order valence-corrected chi connectivity index (χ3v) is 3.55. The van der Waals surface area contributed by atoms with Gasteiger partial charge in [-0.05, 0) is 25.0 Å². The van der Waals surface area contributed by atoms with E-state index in [2.05, 4.69) is 0 Å². The van der Waals surface area contributed by atoms with E-state index in [1.807, 2.05) is 0 Å². The Bertz CT molecular complexity index is 638. The predicted octanol–water partition coefficient (Wildman–Crippen LogP) is 0.568. The monoisotopic (exact) mass is 288 g/mol. The first-order chi connectivity index (χ1) is 8.64. The van der Waals surface area contributed by atoms with Crippen molar-refractivity contribution in [2.45, 2.75) is 24.7 Å². The summed E-state index contributed by atoms with van der Waals surface area (Å²) >= 11 is 0. The summed E-state index contributed by atoms with van der Waals surface area (Å²) in [4.78, 5) is 20.0. The van der Waals surface area contributed by atoms with E-state index in [-0.39, 0.29) is 18.4 Å². The molecule has 104 valence electrons. The molecular weight excluding hydrogens is 276 g/mol. The number of sulfonamides is 1. The second-order valence-corrected chi connectivity index (χ2v) is 5.42. The van der Waals surface area contributed by atoms with Crippen LogP contribution in [-0.4, -0.2) is 24.4 Å². The molecule has 8 nitrogen and oxygen atoms in total. The van der Waals surface area contributed by atoms with Crippen molar-refractivity contribution >= 4 is 21.7 Å². The maximum absolute atomic E-state index is 11.3. The van der Waals surface area contributed by atoms with Crippen molar-refractivity contribution < 1.29 is 23.2 Å². The summed E-state index contributed by atoms with van der Waals surface area (Å²) in [6.45, 7) is 1.37. The molecule has 0 aliphatic heterocycles. The maximum atomic E-state index is 11.3. The Hall–Kier alpha value is -2.00. The van der Waals surface area contributed by atoms with Gasteiger partial charge in [-0.1, -0.05) is 6.07 Å². The SMILES string of the molecule is Cc1c(CCC(=O)O)ccc(S(N)(=O)=O)c1[N+](=O)[O-]. The van der Waals surface area contributed by atoms with Crippen LogP contribution in [-0.2, 0) is 21.2 Å². The number of aryl methyl sites for hydroxylation is 1. The van der Waals surface area contributed by atoms with Crippen LogP contribution in [0.4, 0.5) is 5.69 Å². The lowest BCUT2D eigenvalue weighted by Gasteiger charge is -2.08. The van der Waals surface area contributed by atoms with E-state index in [0.29, 0.717) is 5.56 Å². The Kier molecular flexibility index (Phi) is 4.22. The molecule has 9 heteroatoms. The fraction of sp³-hybridized carbons (Fsp3) is 0.300. The molecule has 0 heterocycles. The van der Waals surface area contributed by atoms with Crippen molar-refractivity contribution in [3.05, 3.63) is 33.4 Å². The minimum Gasteiger partial charge on any atom is -0.481 e. The molecule has 0 fully saturated rings. The van der Waals surface area contributed by atoms with Crippen molar-refractivity contribution in [3.63, 3.8) is 0 Å². The van der Waals surface area contributed by atoms with Crippen LogP contribution >= 0.6 is 0 Å². The van der Waals surface area contributed by atoms with Crippen molar-refractivity contribution in [2.24, 2.45) is 5.14 Å². The van der Waals surface area contributed by atoms with E-state index in [0.717, 1.165) is 6.07 Å². The molecule has 0 saturated heterocycles. The first-order valence-electron chi connectivity index (χ1n) is 5.16. The van der Waals surface area contributed by atoms with E-state index in [1.54, 1.807) is 0 Å². The van der Waals surface area contributed by atoms with Gasteiger partial charge in [-0.15, -0.1) is 0 Å². The Morgan fingerprint density at radius 1 is 1.47 bits per heavy atom. The summed E-state index contributed by atoms with van der Waals surface area (Å²) in [7, 11) is -4.21. The lowest BCUT2D eigenvalue weighted by molar-refractivity contribution is -0.388. The van der Waals surface area contributed by atoms with Crippen LogP contribution < -0.4 is 5.14 Å². The molecule has 0 aliphatic rings. The number of primary sulfonamides is 1. The Labute approximate surface area is 109 Å². The van der Waals surface area contributed by atoms with Gasteiger partial charge >= 0.3 is 5.97 Å². The minimum atomic E-state index is -4.21. The largest absolute Gasteiger partial charge is 0.481 e. The number of hydrogen-bond acceptors (Lipinski definition) is 5. The molecule has 0 bridgehead atoms. The molecule has 3 N–H and O–H groups in total. The summed E-state index contributed by atoms with van der Waals surface area (Å²) < 4.78 is 22.5. The number of carboxylic acid groups (broad SMARTS) is 1. The van der Waals surface area contributed by atoms with Gasteiger partial charge in [-0.25, -0.2) is 13.6 Å². The maximum Gasteiger partial charge on any atom is 0.303 e. The van der Waals surface area contributed by atoms with Crippen LogP contribution in [0, 0.1) is 17.0 Å². The third kappa shape index (κ3) is 3.48. The number of rotatable bonds is 5. The molecule has 0 aromatic heterocycles. The number of nitrogens with zero attached hydrogens (tertiary/aromatic N) is 1. The number of benzene rings is 1. The van der Waals surface area contributed by atoms with Gasteiger partial charge in [0.15, 0.2) is 4.90 Å². The average Bonchev–Trinajstić information content (AvgIpc) is 2.24. The molecule has 0 radical (unpaired) electrons. The summed E-state index contributed by atoms with van der Waals surface area (Å²) in [5.74, 6) is -1.04. The molecule has 1 rings (SSSR count). The number of carboxylic acids is 1. The second kappa shape index (κ2) is 5.33. The molecule has 19 heavy (non-hydrogen) atoms. The van der Waals surface area contributed by atoms with Gasteiger partial charge in [0, 0.05) is 12.0 Å². The molecule has 0 atom stereocenters. The second-order valence-electron chi connectivity index (χ2n) is 3.89. The van der Waals surface area contributed by atoms with Crippen LogP contribution in [0.1, 0.15) is 17.5 Å². The van der Waals surface area contributed by atoms with E-state index in [4.69, 9.17) is 10.2 Å². The number of nitrogens with two attached hydrogens (primary N) is 1. The van der Waals surface area contributed by atoms with Gasteiger partial charge < -0.3 is 5.11 Å². The summed E-state index contributed by atoms with van der Waals surface area (Å²) in [5.41, 5.74) is -0.0929. The van der Waals surface area contributed by atoms with Crippen LogP contribution in [0.5, 0.6) is 0 Å². The van der Waals surface area contributed by atoms with E-state index in [1.165, 1.54) is 13.0 Å². The summed E-state index contributed by atoms with van der Waals surface area (Å²) in [6.07, 6.45) is -0.125. The van der Waals surface area contributed by atoms with E-state index in [9.17, 15) is 23.3 Å². The molecule has 0 saturated carbocycles. The molecule has 0 aliphatic carbocycles. The predicted molar refractivity (Wildman–Crippen MR) is 65.2 cm³/mol. The topological polar surface area (TPSA) is 141 Å².